The van der Waals surface area contributed by atoms with Gasteiger partial charge in [-0.25, -0.2) is 4.98 Å². The normalized spacial score (nSPS) is 10.7. The van der Waals surface area contributed by atoms with Gasteiger partial charge >= 0.3 is 5.97 Å². The molecule has 1 N–H and O–H groups in total. The average molecular weight is 294 g/mol. The number of thiazole rings is 1. The number of methoxy groups -OCH3 is 1. The number of amides is 1. The molecular weight excluding hydrogens is 280 g/mol. The van der Waals surface area contributed by atoms with Crippen molar-refractivity contribution in [1.82, 2.24) is 9.88 Å². The smallest absolute Gasteiger partial charge is 0.323 e. The van der Waals surface area contributed by atoms with Gasteiger partial charge in [-0.3, -0.25) is 9.59 Å². The lowest BCUT2D eigenvalue weighted by atomic mass is 10.2. The molecule has 0 bridgehead atoms. The summed E-state index contributed by atoms with van der Waals surface area (Å²) in [7, 11) is 1.51. The zero-order valence-electron chi connectivity index (χ0n) is 10.9. The summed E-state index contributed by atoms with van der Waals surface area (Å²) >= 11 is 1.44. The van der Waals surface area contributed by atoms with E-state index in [9.17, 15) is 9.59 Å². The lowest BCUT2D eigenvalue weighted by molar-refractivity contribution is -0.137. The molecule has 6 nitrogen and oxygen atoms in total. The van der Waals surface area contributed by atoms with Gasteiger partial charge in [-0.15, -0.1) is 11.3 Å². The van der Waals surface area contributed by atoms with Crippen molar-refractivity contribution in [3.8, 4) is 0 Å². The maximum Gasteiger partial charge on any atom is 0.323 e. The van der Waals surface area contributed by atoms with Gasteiger partial charge < -0.3 is 14.7 Å². The average Bonchev–Trinajstić information content (AvgIpc) is 2.89. The van der Waals surface area contributed by atoms with Crippen LogP contribution in [0.1, 0.15) is 10.4 Å². The molecule has 0 radical (unpaired) electrons. The second-order valence-corrected chi connectivity index (χ2v) is 5.03. The minimum atomic E-state index is -1.05. The fraction of sp³-hybridized carbons (Fsp3) is 0.308. The Kier molecular flexibility index (Phi) is 4.65. The lowest BCUT2D eigenvalue weighted by Gasteiger charge is -2.20. The highest BCUT2D eigenvalue weighted by atomic mass is 32.1. The fourth-order valence-electron chi connectivity index (χ4n) is 1.79. The van der Waals surface area contributed by atoms with Crippen molar-refractivity contribution in [2.45, 2.75) is 0 Å². The Morgan fingerprint density at radius 1 is 1.45 bits per heavy atom. The van der Waals surface area contributed by atoms with Crippen LogP contribution in [0.4, 0.5) is 0 Å². The monoisotopic (exact) mass is 294 g/mol. The van der Waals surface area contributed by atoms with Crippen molar-refractivity contribution in [3.05, 3.63) is 29.3 Å². The molecule has 0 aliphatic carbocycles. The van der Waals surface area contributed by atoms with Gasteiger partial charge in [0.05, 0.1) is 22.3 Å². The fourth-order valence-corrected chi connectivity index (χ4v) is 2.50. The predicted molar refractivity (Wildman–Crippen MR) is 75.0 cm³/mol. The molecule has 1 aromatic heterocycles. The maximum absolute atomic E-state index is 12.3. The summed E-state index contributed by atoms with van der Waals surface area (Å²) in [6.45, 7) is 0.188. The summed E-state index contributed by atoms with van der Waals surface area (Å²) in [4.78, 5) is 28.6. The van der Waals surface area contributed by atoms with Crippen molar-refractivity contribution in [2.24, 2.45) is 0 Å². The minimum Gasteiger partial charge on any atom is -0.480 e. The third-order valence-corrected chi connectivity index (χ3v) is 3.55. The molecule has 0 saturated carbocycles. The van der Waals surface area contributed by atoms with Gasteiger partial charge in [-0.2, -0.15) is 0 Å². The van der Waals surface area contributed by atoms with Crippen LogP contribution in [0, 0.1) is 0 Å². The number of benzene rings is 1. The number of aliphatic carboxylic acids is 1. The zero-order chi connectivity index (χ0) is 14.5. The van der Waals surface area contributed by atoms with Crippen molar-refractivity contribution >= 4 is 33.4 Å². The molecule has 0 atom stereocenters. The highest BCUT2D eigenvalue weighted by molar-refractivity contribution is 7.16. The van der Waals surface area contributed by atoms with E-state index in [1.165, 1.54) is 23.3 Å². The van der Waals surface area contributed by atoms with Gasteiger partial charge in [-0.1, -0.05) is 0 Å². The Labute approximate surface area is 119 Å². The minimum absolute atomic E-state index is 0.238. The number of hydrogen-bond donors (Lipinski definition) is 1. The number of carboxylic acids is 1. The van der Waals surface area contributed by atoms with Gasteiger partial charge in [0.2, 0.25) is 0 Å². The second kappa shape index (κ2) is 6.44. The van der Waals surface area contributed by atoms with Crippen molar-refractivity contribution in [3.63, 3.8) is 0 Å². The highest BCUT2D eigenvalue weighted by Crippen LogP contribution is 2.20. The maximum atomic E-state index is 12.3. The number of fused-ring (bicyclic) bond motifs is 1. The Balaban J connectivity index is 2.22. The van der Waals surface area contributed by atoms with Crippen molar-refractivity contribution < 1.29 is 19.4 Å². The summed E-state index contributed by atoms with van der Waals surface area (Å²) in [5, 5.41) is 8.88. The molecule has 2 aromatic rings. The highest BCUT2D eigenvalue weighted by Gasteiger charge is 2.18. The van der Waals surface area contributed by atoms with E-state index < -0.39 is 5.97 Å². The molecule has 0 unspecified atom stereocenters. The number of carbonyl (C=O) groups excluding carboxylic acids is 1. The summed E-state index contributed by atoms with van der Waals surface area (Å²) in [6, 6.07) is 5.15. The molecule has 0 aliphatic heterocycles. The van der Waals surface area contributed by atoms with Crippen LogP contribution >= 0.6 is 11.3 Å². The number of carbonyl (C=O) groups is 2. The Morgan fingerprint density at radius 3 is 2.95 bits per heavy atom. The SMILES string of the molecule is COCCN(CC(=O)O)C(=O)c1ccc2ncsc2c1. The molecule has 0 saturated heterocycles. The molecule has 7 heteroatoms. The van der Waals surface area contributed by atoms with Crippen LogP contribution in [0.3, 0.4) is 0 Å². The van der Waals surface area contributed by atoms with E-state index in [1.807, 2.05) is 0 Å². The molecular formula is C13H14N2O4S. The van der Waals surface area contributed by atoms with Crippen LogP contribution in [0.5, 0.6) is 0 Å². The van der Waals surface area contributed by atoms with Crippen LogP contribution < -0.4 is 0 Å². The third-order valence-electron chi connectivity index (χ3n) is 2.76. The first-order valence-corrected chi connectivity index (χ1v) is 6.83. The lowest BCUT2D eigenvalue weighted by Crippen LogP contribution is -2.37. The third kappa shape index (κ3) is 3.31. The quantitative estimate of drug-likeness (QED) is 0.872. The van der Waals surface area contributed by atoms with E-state index in [0.29, 0.717) is 12.2 Å². The first-order valence-electron chi connectivity index (χ1n) is 5.95. The van der Waals surface area contributed by atoms with Gasteiger partial charge in [-0.05, 0) is 18.2 Å². The summed E-state index contributed by atoms with van der Waals surface area (Å²) in [5.41, 5.74) is 2.99. The zero-order valence-corrected chi connectivity index (χ0v) is 11.7. The van der Waals surface area contributed by atoms with E-state index in [0.717, 1.165) is 10.2 Å². The number of ether oxygens (including phenoxy) is 1. The Hall–Kier alpha value is -1.99. The van der Waals surface area contributed by atoms with E-state index in [2.05, 4.69) is 4.98 Å². The van der Waals surface area contributed by atoms with Crippen molar-refractivity contribution in [1.29, 1.82) is 0 Å². The molecule has 0 aliphatic rings. The molecule has 0 spiro atoms. The van der Waals surface area contributed by atoms with Crippen molar-refractivity contribution in [2.75, 3.05) is 26.8 Å². The van der Waals surface area contributed by atoms with E-state index in [-0.39, 0.29) is 19.0 Å². The molecule has 20 heavy (non-hydrogen) atoms. The molecule has 2 rings (SSSR count). The van der Waals surface area contributed by atoms with E-state index in [4.69, 9.17) is 9.84 Å². The number of carboxylic acid groups (broad SMARTS) is 1. The predicted octanol–water partition coefficient (Wildman–Crippen LogP) is 1.47. The van der Waals surface area contributed by atoms with Crippen LogP contribution in [-0.2, 0) is 9.53 Å². The van der Waals surface area contributed by atoms with Gasteiger partial charge in [0.25, 0.3) is 5.91 Å². The summed E-state index contributed by atoms with van der Waals surface area (Å²) < 4.78 is 5.80. The molecule has 1 amide bonds. The van der Waals surface area contributed by atoms with Gasteiger partial charge in [0.15, 0.2) is 0 Å². The number of hydrogen-bond acceptors (Lipinski definition) is 5. The molecule has 1 aromatic carbocycles. The van der Waals surface area contributed by atoms with E-state index in [1.54, 1.807) is 23.7 Å². The Morgan fingerprint density at radius 2 is 2.25 bits per heavy atom. The largest absolute Gasteiger partial charge is 0.480 e. The van der Waals surface area contributed by atoms with Crippen LogP contribution in [0.25, 0.3) is 10.2 Å². The van der Waals surface area contributed by atoms with Crippen LogP contribution in [0.15, 0.2) is 23.7 Å². The van der Waals surface area contributed by atoms with Gasteiger partial charge in [0, 0.05) is 19.2 Å². The molecule has 1 heterocycles. The molecule has 0 fully saturated rings. The van der Waals surface area contributed by atoms with E-state index >= 15 is 0 Å². The number of rotatable bonds is 6. The molecule has 106 valence electrons. The number of nitrogens with zero attached hydrogens (tertiary/aromatic N) is 2. The summed E-state index contributed by atoms with van der Waals surface area (Å²) in [5.74, 6) is -1.37. The Bertz CT molecular complexity index is 626. The first kappa shape index (κ1) is 14.4. The van der Waals surface area contributed by atoms with Crippen LogP contribution in [-0.4, -0.2) is 53.7 Å². The number of aromatic nitrogens is 1. The summed E-state index contributed by atoms with van der Waals surface area (Å²) in [6.07, 6.45) is 0. The topological polar surface area (TPSA) is 79.7 Å². The first-order chi connectivity index (χ1) is 9.61. The van der Waals surface area contributed by atoms with Crippen LogP contribution in [0.2, 0.25) is 0 Å². The second-order valence-electron chi connectivity index (χ2n) is 4.15. The van der Waals surface area contributed by atoms with Gasteiger partial charge in [0.1, 0.15) is 6.54 Å². The standard InChI is InChI=1S/C13H14N2O4S/c1-19-5-4-15(7-12(16)17)13(18)9-2-3-10-11(6-9)20-8-14-10/h2-3,6,8H,4-5,7H2,1H3,(H,16,17).